The van der Waals surface area contributed by atoms with Crippen LogP contribution in [0, 0.1) is 0 Å². The van der Waals surface area contributed by atoms with Crippen LogP contribution in [0.3, 0.4) is 0 Å². The van der Waals surface area contributed by atoms with Crippen LogP contribution in [0.5, 0.6) is 5.75 Å². The highest BCUT2D eigenvalue weighted by atomic mass is 16.5. The number of aliphatic hydroxyl groups is 1. The van der Waals surface area contributed by atoms with Gasteiger partial charge in [-0.05, 0) is 31.5 Å². The number of ether oxygens (including phenoxy) is 1. The Morgan fingerprint density at radius 1 is 1.40 bits per heavy atom. The minimum absolute atomic E-state index is 0.217. The molecule has 0 bridgehead atoms. The van der Waals surface area contributed by atoms with Crippen molar-refractivity contribution >= 4 is 0 Å². The van der Waals surface area contributed by atoms with Gasteiger partial charge in [0.15, 0.2) is 0 Å². The van der Waals surface area contributed by atoms with Crippen molar-refractivity contribution in [3.63, 3.8) is 0 Å². The molecule has 2 atom stereocenters. The molecule has 1 rings (SSSR count). The molecule has 3 nitrogen and oxygen atoms in total. The summed E-state index contributed by atoms with van der Waals surface area (Å²) in [6.45, 7) is 4.43. The molecule has 1 aromatic carbocycles. The summed E-state index contributed by atoms with van der Waals surface area (Å²) < 4.78 is 5.15. The summed E-state index contributed by atoms with van der Waals surface area (Å²) in [6, 6.07) is 8.15. The van der Waals surface area contributed by atoms with Crippen molar-refractivity contribution in [2.24, 2.45) is 0 Å². The Hall–Kier alpha value is -1.06. The zero-order valence-corrected chi connectivity index (χ0v) is 9.53. The van der Waals surface area contributed by atoms with E-state index >= 15 is 0 Å². The first kappa shape index (κ1) is 12.0. The van der Waals surface area contributed by atoms with E-state index in [-0.39, 0.29) is 12.1 Å². The molecule has 15 heavy (non-hydrogen) atoms. The van der Waals surface area contributed by atoms with Crippen LogP contribution >= 0.6 is 0 Å². The zero-order valence-electron chi connectivity index (χ0n) is 9.53. The lowest BCUT2D eigenvalue weighted by atomic mass is 10.1. The van der Waals surface area contributed by atoms with Crippen LogP contribution in [0.15, 0.2) is 24.3 Å². The zero-order chi connectivity index (χ0) is 11.3. The van der Waals surface area contributed by atoms with Crippen molar-refractivity contribution in [1.82, 2.24) is 5.32 Å². The molecule has 1 aromatic rings. The summed E-state index contributed by atoms with van der Waals surface area (Å²) in [7, 11) is 1.66. The topological polar surface area (TPSA) is 41.5 Å². The second-order valence-corrected chi connectivity index (χ2v) is 3.76. The predicted molar refractivity (Wildman–Crippen MR) is 61.1 cm³/mol. The first-order valence-electron chi connectivity index (χ1n) is 5.19. The lowest BCUT2D eigenvalue weighted by Gasteiger charge is -2.16. The van der Waals surface area contributed by atoms with E-state index in [1.807, 2.05) is 24.3 Å². The fraction of sp³-hybridized carbons (Fsp3) is 0.500. The molecule has 0 radical (unpaired) electrons. The monoisotopic (exact) mass is 209 g/mol. The number of nitrogens with one attached hydrogen (secondary N) is 1. The molecule has 84 valence electrons. The summed E-state index contributed by atoms with van der Waals surface area (Å²) in [4.78, 5) is 0. The van der Waals surface area contributed by atoms with E-state index in [2.05, 4.69) is 12.2 Å². The van der Waals surface area contributed by atoms with E-state index in [1.165, 1.54) is 0 Å². The Labute approximate surface area is 91.1 Å². The molecule has 2 N–H and O–H groups in total. The first-order valence-corrected chi connectivity index (χ1v) is 5.19. The largest absolute Gasteiger partial charge is 0.497 e. The third kappa shape index (κ3) is 3.90. The van der Waals surface area contributed by atoms with Gasteiger partial charge in [-0.25, -0.2) is 0 Å². The number of aliphatic hydroxyl groups excluding tert-OH is 1. The molecule has 0 amide bonds. The van der Waals surface area contributed by atoms with Gasteiger partial charge in [0.25, 0.3) is 0 Å². The molecular formula is C12H19NO2. The van der Waals surface area contributed by atoms with Crippen LogP contribution in [0.1, 0.15) is 25.5 Å². The number of benzene rings is 1. The molecular weight excluding hydrogens is 190 g/mol. The maximum atomic E-state index is 9.16. The smallest absolute Gasteiger partial charge is 0.119 e. The van der Waals surface area contributed by atoms with Gasteiger partial charge in [0.2, 0.25) is 0 Å². The van der Waals surface area contributed by atoms with Crippen LogP contribution in [-0.2, 0) is 0 Å². The molecule has 0 spiro atoms. The highest BCUT2D eigenvalue weighted by Gasteiger charge is 2.06. The second kappa shape index (κ2) is 5.73. The molecule has 0 fully saturated rings. The van der Waals surface area contributed by atoms with Crippen LogP contribution < -0.4 is 10.1 Å². The van der Waals surface area contributed by atoms with Gasteiger partial charge < -0.3 is 15.2 Å². The fourth-order valence-corrected chi connectivity index (χ4v) is 1.38. The fourth-order valence-electron chi connectivity index (χ4n) is 1.38. The minimum atomic E-state index is -0.321. The summed E-state index contributed by atoms with van der Waals surface area (Å²) in [5.41, 5.74) is 1.16. The number of methoxy groups -OCH3 is 1. The van der Waals surface area contributed by atoms with E-state index in [0.29, 0.717) is 6.54 Å². The Morgan fingerprint density at radius 2 is 2.13 bits per heavy atom. The van der Waals surface area contributed by atoms with E-state index < -0.39 is 0 Å². The van der Waals surface area contributed by atoms with Crippen molar-refractivity contribution in [2.45, 2.75) is 26.0 Å². The third-order valence-electron chi connectivity index (χ3n) is 2.31. The Kier molecular flexibility index (Phi) is 4.59. The number of rotatable bonds is 5. The van der Waals surface area contributed by atoms with Crippen LogP contribution in [0.25, 0.3) is 0 Å². The van der Waals surface area contributed by atoms with Gasteiger partial charge in [-0.15, -0.1) is 0 Å². The van der Waals surface area contributed by atoms with Crippen molar-refractivity contribution in [1.29, 1.82) is 0 Å². The summed E-state index contributed by atoms with van der Waals surface area (Å²) in [5.74, 6) is 0.859. The van der Waals surface area contributed by atoms with Crippen molar-refractivity contribution in [3.8, 4) is 5.75 Å². The molecule has 0 unspecified atom stereocenters. The maximum absolute atomic E-state index is 9.16. The van der Waals surface area contributed by atoms with E-state index in [0.717, 1.165) is 11.3 Å². The van der Waals surface area contributed by atoms with Crippen LogP contribution in [-0.4, -0.2) is 24.9 Å². The molecule has 0 heterocycles. The quantitative estimate of drug-likeness (QED) is 0.776. The van der Waals surface area contributed by atoms with Gasteiger partial charge in [-0.1, -0.05) is 12.1 Å². The SMILES string of the molecule is COc1cccc([C@@H](C)NC[C@H](C)O)c1. The van der Waals surface area contributed by atoms with E-state index in [4.69, 9.17) is 9.84 Å². The standard InChI is InChI=1S/C12H19NO2/c1-9(14)8-13-10(2)11-5-4-6-12(7-11)15-3/h4-7,9-10,13-14H,8H2,1-3H3/t9-,10+/m0/s1. The molecule has 0 aromatic heterocycles. The van der Waals surface area contributed by atoms with Crippen molar-refractivity contribution in [2.75, 3.05) is 13.7 Å². The summed E-state index contributed by atoms with van der Waals surface area (Å²) in [6.07, 6.45) is -0.321. The number of hydrogen-bond acceptors (Lipinski definition) is 3. The van der Waals surface area contributed by atoms with Crippen molar-refractivity contribution in [3.05, 3.63) is 29.8 Å². The van der Waals surface area contributed by atoms with Gasteiger partial charge in [0.1, 0.15) is 5.75 Å². The van der Waals surface area contributed by atoms with Crippen molar-refractivity contribution < 1.29 is 9.84 Å². The first-order chi connectivity index (χ1) is 7.13. The lowest BCUT2D eigenvalue weighted by molar-refractivity contribution is 0.187. The third-order valence-corrected chi connectivity index (χ3v) is 2.31. The van der Waals surface area contributed by atoms with E-state index in [9.17, 15) is 0 Å². The van der Waals surface area contributed by atoms with Crippen LogP contribution in [0.2, 0.25) is 0 Å². The molecule has 3 heteroatoms. The summed E-state index contributed by atoms with van der Waals surface area (Å²) in [5, 5.41) is 12.4. The second-order valence-electron chi connectivity index (χ2n) is 3.76. The Morgan fingerprint density at radius 3 is 2.73 bits per heavy atom. The van der Waals surface area contributed by atoms with E-state index in [1.54, 1.807) is 14.0 Å². The Bertz CT molecular complexity index is 299. The van der Waals surface area contributed by atoms with Crippen LogP contribution in [0.4, 0.5) is 0 Å². The lowest BCUT2D eigenvalue weighted by Crippen LogP contribution is -2.27. The highest BCUT2D eigenvalue weighted by Crippen LogP contribution is 2.18. The van der Waals surface area contributed by atoms with Gasteiger partial charge in [-0.3, -0.25) is 0 Å². The summed E-state index contributed by atoms with van der Waals surface area (Å²) >= 11 is 0. The molecule has 0 aliphatic heterocycles. The molecule has 0 aliphatic carbocycles. The van der Waals surface area contributed by atoms with Gasteiger partial charge in [-0.2, -0.15) is 0 Å². The molecule has 0 saturated carbocycles. The average molecular weight is 209 g/mol. The van der Waals surface area contributed by atoms with Gasteiger partial charge >= 0.3 is 0 Å². The van der Waals surface area contributed by atoms with Gasteiger partial charge in [0.05, 0.1) is 13.2 Å². The Balaban J connectivity index is 2.60. The molecule has 0 saturated heterocycles. The highest BCUT2D eigenvalue weighted by molar-refractivity contribution is 5.30. The predicted octanol–water partition coefficient (Wildman–Crippen LogP) is 1.73. The van der Waals surface area contributed by atoms with Gasteiger partial charge in [0, 0.05) is 12.6 Å². The average Bonchev–Trinajstić information content (AvgIpc) is 2.26. The normalized spacial score (nSPS) is 14.7. The molecule has 0 aliphatic rings. The maximum Gasteiger partial charge on any atom is 0.119 e. The number of hydrogen-bond donors (Lipinski definition) is 2. The minimum Gasteiger partial charge on any atom is -0.497 e.